The van der Waals surface area contributed by atoms with E-state index in [0.717, 1.165) is 37.4 Å². The van der Waals surface area contributed by atoms with Crippen molar-refractivity contribution in [3.8, 4) is 0 Å². The standard InChI is InChI=1S/C21H40N2/c1-8-21-12-18(15(4)11-17(21)6)20(7,14-23-10-3)19(21)16(5)13-22-9-2/h13,15,17-19,22-23H,8-12,14H2,1-7H3/b16-13+. The maximum Gasteiger partial charge on any atom is 0.0113 e. The van der Waals surface area contributed by atoms with Crippen LogP contribution in [0.15, 0.2) is 11.8 Å². The molecule has 2 saturated carbocycles. The van der Waals surface area contributed by atoms with Crippen LogP contribution in [0.4, 0.5) is 0 Å². The summed E-state index contributed by atoms with van der Waals surface area (Å²) in [5.74, 6) is 3.23. The van der Waals surface area contributed by atoms with Crippen molar-refractivity contribution in [2.24, 2.45) is 34.5 Å². The van der Waals surface area contributed by atoms with Crippen LogP contribution >= 0.6 is 0 Å². The minimum Gasteiger partial charge on any atom is -0.391 e. The first-order valence-corrected chi connectivity index (χ1v) is 9.98. The Morgan fingerprint density at radius 2 is 1.87 bits per heavy atom. The minimum absolute atomic E-state index is 0.381. The van der Waals surface area contributed by atoms with Gasteiger partial charge in [0.1, 0.15) is 0 Å². The van der Waals surface area contributed by atoms with Gasteiger partial charge < -0.3 is 10.6 Å². The van der Waals surface area contributed by atoms with Gasteiger partial charge in [-0.25, -0.2) is 0 Å². The molecule has 0 aromatic rings. The van der Waals surface area contributed by atoms with E-state index in [1.165, 1.54) is 19.3 Å². The van der Waals surface area contributed by atoms with Gasteiger partial charge >= 0.3 is 0 Å². The van der Waals surface area contributed by atoms with Crippen LogP contribution in [-0.2, 0) is 0 Å². The normalized spacial score (nSPS) is 43.7. The molecule has 2 fully saturated rings. The fourth-order valence-electron chi connectivity index (χ4n) is 6.57. The van der Waals surface area contributed by atoms with Crippen molar-refractivity contribution in [1.82, 2.24) is 10.6 Å². The van der Waals surface area contributed by atoms with Gasteiger partial charge in [0.05, 0.1) is 0 Å². The van der Waals surface area contributed by atoms with E-state index in [0.29, 0.717) is 16.7 Å². The van der Waals surface area contributed by atoms with E-state index in [9.17, 15) is 0 Å². The first-order chi connectivity index (χ1) is 10.9. The molecule has 6 atom stereocenters. The Labute approximate surface area is 144 Å². The molecule has 0 aliphatic heterocycles. The summed E-state index contributed by atoms with van der Waals surface area (Å²) >= 11 is 0. The molecule has 2 N–H and O–H groups in total. The quantitative estimate of drug-likeness (QED) is 0.702. The average molecular weight is 321 g/mol. The van der Waals surface area contributed by atoms with E-state index in [-0.39, 0.29) is 0 Å². The molecule has 0 aromatic carbocycles. The van der Waals surface area contributed by atoms with E-state index in [1.807, 2.05) is 0 Å². The van der Waals surface area contributed by atoms with Crippen LogP contribution < -0.4 is 10.6 Å². The number of hydrogen-bond donors (Lipinski definition) is 2. The first-order valence-electron chi connectivity index (χ1n) is 9.98. The van der Waals surface area contributed by atoms with E-state index in [1.54, 1.807) is 5.57 Å². The highest BCUT2D eigenvalue weighted by molar-refractivity contribution is 5.23. The van der Waals surface area contributed by atoms with Crippen LogP contribution in [0.1, 0.15) is 67.7 Å². The first kappa shape index (κ1) is 18.8. The number of rotatable bonds is 7. The fraction of sp³-hybridized carbons (Fsp3) is 0.905. The maximum atomic E-state index is 3.71. The third kappa shape index (κ3) is 2.97. The summed E-state index contributed by atoms with van der Waals surface area (Å²) in [7, 11) is 0. The summed E-state index contributed by atoms with van der Waals surface area (Å²) in [6.45, 7) is 20.1. The maximum absolute atomic E-state index is 3.71. The van der Waals surface area contributed by atoms with E-state index in [2.05, 4.69) is 65.3 Å². The monoisotopic (exact) mass is 320 g/mol. The molecule has 23 heavy (non-hydrogen) atoms. The summed E-state index contributed by atoms with van der Waals surface area (Å²) in [4.78, 5) is 0. The smallest absolute Gasteiger partial charge is 0.0113 e. The highest BCUT2D eigenvalue weighted by Crippen LogP contribution is 2.69. The molecule has 2 rings (SSSR count). The highest BCUT2D eigenvalue weighted by atomic mass is 14.9. The third-order valence-corrected chi connectivity index (χ3v) is 7.48. The van der Waals surface area contributed by atoms with Crippen LogP contribution in [-0.4, -0.2) is 19.6 Å². The lowest BCUT2D eigenvalue weighted by Crippen LogP contribution is -2.43. The van der Waals surface area contributed by atoms with Gasteiger partial charge in [-0.2, -0.15) is 0 Å². The second kappa shape index (κ2) is 7.17. The Morgan fingerprint density at radius 3 is 2.43 bits per heavy atom. The van der Waals surface area contributed by atoms with Crippen molar-refractivity contribution >= 4 is 0 Å². The lowest BCUT2D eigenvalue weighted by Gasteiger charge is -2.45. The van der Waals surface area contributed by atoms with Crippen LogP contribution in [0.2, 0.25) is 0 Å². The third-order valence-electron chi connectivity index (χ3n) is 7.48. The van der Waals surface area contributed by atoms with Gasteiger partial charge in [0.25, 0.3) is 0 Å². The summed E-state index contributed by atoms with van der Waals surface area (Å²) < 4.78 is 0. The topological polar surface area (TPSA) is 24.1 Å². The SMILES string of the molecule is CCN/C=C(\C)C1C(C)(CNCC)C2CC1(CC)C(C)CC2C. The largest absolute Gasteiger partial charge is 0.391 e. The molecule has 6 unspecified atom stereocenters. The predicted octanol–water partition coefficient (Wildman–Crippen LogP) is 4.82. The van der Waals surface area contributed by atoms with Gasteiger partial charge in [0.2, 0.25) is 0 Å². The molecule has 0 amide bonds. The van der Waals surface area contributed by atoms with Gasteiger partial charge in [0.15, 0.2) is 0 Å². The Hall–Kier alpha value is -0.500. The van der Waals surface area contributed by atoms with Crippen molar-refractivity contribution in [3.05, 3.63) is 11.8 Å². The second-order valence-electron chi connectivity index (χ2n) is 8.68. The van der Waals surface area contributed by atoms with Gasteiger partial charge in [-0.1, -0.05) is 40.2 Å². The predicted molar refractivity (Wildman–Crippen MR) is 101 cm³/mol. The summed E-state index contributed by atoms with van der Waals surface area (Å²) in [5, 5.41) is 7.20. The molecule has 134 valence electrons. The summed E-state index contributed by atoms with van der Waals surface area (Å²) in [6.07, 6.45) is 6.48. The van der Waals surface area contributed by atoms with Crippen molar-refractivity contribution in [3.63, 3.8) is 0 Å². The van der Waals surface area contributed by atoms with Crippen LogP contribution in [0.25, 0.3) is 0 Å². The van der Waals surface area contributed by atoms with Crippen molar-refractivity contribution < 1.29 is 0 Å². The molecule has 2 bridgehead atoms. The number of allylic oxidation sites excluding steroid dienone is 1. The Morgan fingerprint density at radius 1 is 1.17 bits per heavy atom. The molecule has 2 nitrogen and oxygen atoms in total. The van der Waals surface area contributed by atoms with Gasteiger partial charge in [0, 0.05) is 13.1 Å². The zero-order chi connectivity index (χ0) is 17.3. The zero-order valence-corrected chi connectivity index (χ0v) is 16.6. The van der Waals surface area contributed by atoms with Crippen molar-refractivity contribution in [2.75, 3.05) is 19.6 Å². The molecular formula is C21H40N2. The summed E-state index contributed by atoms with van der Waals surface area (Å²) in [6, 6.07) is 0. The van der Waals surface area contributed by atoms with E-state index >= 15 is 0 Å². The van der Waals surface area contributed by atoms with Crippen molar-refractivity contribution in [2.45, 2.75) is 67.7 Å². The van der Waals surface area contributed by atoms with E-state index in [4.69, 9.17) is 0 Å². The molecule has 0 heterocycles. The zero-order valence-electron chi connectivity index (χ0n) is 16.6. The molecule has 0 aromatic heterocycles. The van der Waals surface area contributed by atoms with Crippen LogP contribution in [0, 0.1) is 34.5 Å². The summed E-state index contributed by atoms with van der Waals surface area (Å²) in [5.41, 5.74) is 2.46. The molecule has 0 spiro atoms. The second-order valence-corrected chi connectivity index (χ2v) is 8.68. The average Bonchev–Trinajstić information content (AvgIpc) is 2.77. The minimum atomic E-state index is 0.381. The lowest BCUT2D eigenvalue weighted by atomic mass is 9.59. The van der Waals surface area contributed by atoms with E-state index < -0.39 is 0 Å². The number of nitrogens with one attached hydrogen (secondary N) is 2. The molecule has 2 aliphatic rings. The number of fused-ring (bicyclic) bond motifs is 2. The highest BCUT2D eigenvalue weighted by Gasteiger charge is 2.64. The van der Waals surface area contributed by atoms with Gasteiger partial charge in [-0.3, -0.25) is 0 Å². The number of hydrogen-bond acceptors (Lipinski definition) is 2. The van der Waals surface area contributed by atoms with Crippen molar-refractivity contribution in [1.29, 1.82) is 0 Å². The van der Waals surface area contributed by atoms with Gasteiger partial charge in [-0.05, 0) is 80.4 Å². The van der Waals surface area contributed by atoms with Crippen LogP contribution in [0.3, 0.4) is 0 Å². The Balaban J connectivity index is 2.49. The molecule has 2 heteroatoms. The Kier molecular flexibility index (Phi) is 5.87. The molecule has 2 aliphatic carbocycles. The molecule has 0 saturated heterocycles. The molecule has 0 radical (unpaired) electrons. The lowest BCUT2D eigenvalue weighted by molar-refractivity contribution is 0.0638. The Bertz CT molecular complexity index is 430. The molecular weight excluding hydrogens is 280 g/mol. The van der Waals surface area contributed by atoms with Gasteiger partial charge in [-0.15, -0.1) is 0 Å². The van der Waals surface area contributed by atoms with Crippen LogP contribution in [0.5, 0.6) is 0 Å². The fourth-order valence-corrected chi connectivity index (χ4v) is 6.57.